The molecule has 0 N–H and O–H groups in total. The predicted molar refractivity (Wildman–Crippen MR) is 247 cm³/mol. The van der Waals surface area contributed by atoms with Crippen molar-refractivity contribution in [2.75, 3.05) is 4.90 Å². The molecule has 1 aliphatic rings. The third kappa shape index (κ3) is 5.22. The quantitative estimate of drug-likeness (QED) is 0.159. The van der Waals surface area contributed by atoms with Crippen LogP contribution < -0.4 is 4.90 Å². The highest BCUT2D eigenvalue weighted by Crippen LogP contribution is 2.58. The van der Waals surface area contributed by atoms with Crippen molar-refractivity contribution in [1.82, 2.24) is 9.97 Å². The van der Waals surface area contributed by atoms with E-state index in [1.165, 1.54) is 71.6 Å². The molecule has 12 rings (SSSR count). The number of pyridine rings is 2. The minimum absolute atomic E-state index is 0.837. The Balaban J connectivity index is 1.08. The van der Waals surface area contributed by atoms with Crippen molar-refractivity contribution >= 4 is 60.5 Å². The molecule has 9 aromatic carbocycles. The zero-order valence-electron chi connectivity index (χ0n) is 32.0. The Kier molecular flexibility index (Phi) is 7.54. The first-order valence-corrected chi connectivity index (χ1v) is 20.2. The van der Waals surface area contributed by atoms with E-state index < -0.39 is 0 Å². The van der Waals surface area contributed by atoms with Crippen LogP contribution in [0.15, 0.2) is 212 Å². The molecular formula is C56H35N3. The van der Waals surface area contributed by atoms with Gasteiger partial charge in [0.25, 0.3) is 0 Å². The van der Waals surface area contributed by atoms with E-state index in [0.29, 0.717) is 0 Å². The lowest BCUT2D eigenvalue weighted by Crippen LogP contribution is -2.11. The molecule has 3 heteroatoms. The minimum Gasteiger partial charge on any atom is -0.295 e. The second-order valence-corrected chi connectivity index (χ2v) is 15.3. The molecule has 11 aromatic rings. The highest BCUT2D eigenvalue weighted by Gasteiger charge is 2.31. The Morgan fingerprint density at radius 2 is 0.881 bits per heavy atom. The molecule has 0 atom stereocenters. The molecule has 0 aliphatic heterocycles. The van der Waals surface area contributed by atoms with Gasteiger partial charge in [-0.3, -0.25) is 9.88 Å². The molecule has 0 saturated heterocycles. The van der Waals surface area contributed by atoms with Crippen LogP contribution in [0, 0.1) is 0 Å². The summed E-state index contributed by atoms with van der Waals surface area (Å²) in [6.07, 6.45) is 1.85. The van der Waals surface area contributed by atoms with Gasteiger partial charge in [-0.25, -0.2) is 4.98 Å². The molecule has 0 unspecified atom stereocenters. The molecule has 274 valence electrons. The number of rotatable bonds is 6. The highest BCUT2D eigenvalue weighted by molar-refractivity contribution is 6.28. The molecule has 0 spiro atoms. The summed E-state index contributed by atoms with van der Waals surface area (Å²) in [5.74, 6) is 0.837. The Hall–Kier alpha value is -7.88. The number of nitrogens with zero attached hydrogens (tertiary/aromatic N) is 3. The molecule has 2 aromatic heterocycles. The first-order valence-electron chi connectivity index (χ1n) is 20.2. The molecule has 2 heterocycles. The van der Waals surface area contributed by atoms with Gasteiger partial charge in [-0.15, -0.1) is 0 Å². The molecule has 0 radical (unpaired) electrons. The Morgan fingerprint density at radius 1 is 0.339 bits per heavy atom. The summed E-state index contributed by atoms with van der Waals surface area (Å²) in [5.41, 5.74) is 16.4. The van der Waals surface area contributed by atoms with E-state index in [4.69, 9.17) is 9.97 Å². The van der Waals surface area contributed by atoms with Crippen LogP contribution in [0.25, 0.3) is 99.0 Å². The topological polar surface area (TPSA) is 29.0 Å². The summed E-state index contributed by atoms with van der Waals surface area (Å²) in [7, 11) is 0. The number of hydrogen-bond acceptors (Lipinski definition) is 3. The van der Waals surface area contributed by atoms with Crippen LogP contribution in [0.3, 0.4) is 0 Å². The molecule has 1 aliphatic carbocycles. The van der Waals surface area contributed by atoms with E-state index >= 15 is 0 Å². The maximum absolute atomic E-state index is 5.32. The van der Waals surface area contributed by atoms with Crippen molar-refractivity contribution in [2.45, 2.75) is 0 Å². The van der Waals surface area contributed by atoms with Crippen LogP contribution in [0.1, 0.15) is 0 Å². The Bertz CT molecular complexity index is 3340. The lowest BCUT2D eigenvalue weighted by molar-refractivity contribution is 1.21. The van der Waals surface area contributed by atoms with Crippen LogP contribution in [-0.4, -0.2) is 9.97 Å². The fourth-order valence-electron chi connectivity index (χ4n) is 9.50. The van der Waals surface area contributed by atoms with Gasteiger partial charge < -0.3 is 0 Å². The van der Waals surface area contributed by atoms with Gasteiger partial charge in [-0.2, -0.15) is 0 Å². The van der Waals surface area contributed by atoms with E-state index in [9.17, 15) is 0 Å². The van der Waals surface area contributed by atoms with Crippen LogP contribution in [-0.2, 0) is 0 Å². The lowest BCUT2D eigenvalue weighted by Gasteiger charge is -2.25. The first kappa shape index (κ1) is 33.3. The maximum atomic E-state index is 5.32. The van der Waals surface area contributed by atoms with Crippen LogP contribution >= 0.6 is 0 Å². The number of para-hydroxylation sites is 1. The van der Waals surface area contributed by atoms with Gasteiger partial charge in [0.15, 0.2) is 0 Å². The molecule has 0 amide bonds. The van der Waals surface area contributed by atoms with Crippen molar-refractivity contribution < 1.29 is 0 Å². The smallest absolute Gasteiger partial charge is 0.138 e. The third-order valence-corrected chi connectivity index (χ3v) is 12.0. The third-order valence-electron chi connectivity index (χ3n) is 12.0. The fourth-order valence-corrected chi connectivity index (χ4v) is 9.50. The summed E-state index contributed by atoms with van der Waals surface area (Å²) >= 11 is 0. The van der Waals surface area contributed by atoms with Gasteiger partial charge in [0.2, 0.25) is 0 Å². The molecule has 0 bridgehead atoms. The zero-order chi connectivity index (χ0) is 38.9. The van der Waals surface area contributed by atoms with E-state index in [1.807, 2.05) is 12.3 Å². The summed E-state index contributed by atoms with van der Waals surface area (Å²) in [4.78, 5) is 12.3. The summed E-state index contributed by atoms with van der Waals surface area (Å²) in [6.45, 7) is 0. The van der Waals surface area contributed by atoms with Crippen molar-refractivity contribution in [3.63, 3.8) is 0 Å². The lowest BCUT2D eigenvalue weighted by atomic mass is 9.82. The van der Waals surface area contributed by atoms with Crippen LogP contribution in [0.5, 0.6) is 0 Å². The van der Waals surface area contributed by atoms with Gasteiger partial charge >= 0.3 is 0 Å². The van der Waals surface area contributed by atoms with Gasteiger partial charge in [0.05, 0.1) is 11.0 Å². The van der Waals surface area contributed by atoms with E-state index in [0.717, 1.165) is 44.6 Å². The average Bonchev–Trinajstić information content (AvgIpc) is 3.64. The monoisotopic (exact) mass is 749 g/mol. The normalized spacial score (nSPS) is 11.7. The van der Waals surface area contributed by atoms with E-state index in [-0.39, 0.29) is 0 Å². The second-order valence-electron chi connectivity index (χ2n) is 15.3. The van der Waals surface area contributed by atoms with Gasteiger partial charge in [-0.1, -0.05) is 164 Å². The number of fused-ring (bicyclic) bond motifs is 7. The minimum atomic E-state index is 0.837. The number of hydrogen-bond donors (Lipinski definition) is 0. The molecule has 0 fully saturated rings. The zero-order valence-corrected chi connectivity index (χ0v) is 32.0. The second kappa shape index (κ2) is 13.4. The van der Waals surface area contributed by atoms with Crippen LogP contribution in [0.2, 0.25) is 0 Å². The number of benzene rings is 9. The van der Waals surface area contributed by atoms with E-state index in [1.54, 1.807) is 0 Å². The number of anilines is 3. The van der Waals surface area contributed by atoms with Gasteiger partial charge in [0.1, 0.15) is 5.82 Å². The van der Waals surface area contributed by atoms with Crippen LogP contribution in [0.4, 0.5) is 17.2 Å². The first-order chi connectivity index (χ1) is 29.3. The summed E-state index contributed by atoms with van der Waals surface area (Å²) in [5, 5.41) is 7.21. The standard InChI is InChI=1S/C56H35N3/c1-4-15-36(16-5-1)50-45-24-10-11-25-46(45)51(37-17-6-2-7-18-37)54-48-32-31-43(44-26-13-27-47(52(44)48)53(50)54)40-19-12-23-42(35-40)59(41-21-8-3-9-22-41)49-33-30-39-29-28-38-20-14-34-57-55(38)56(39)58-49/h1-35H. The molecule has 59 heavy (non-hydrogen) atoms. The SMILES string of the molecule is c1ccc(-c2c3c(c(-c4ccccc4)c4ccccc24)-c2ccc(-c4cccc(N(c5ccccc5)c5ccc6ccc7cccnc7c6n5)c4)c4cccc-3c24)cc1. The molecular weight excluding hydrogens is 715 g/mol. The van der Waals surface area contributed by atoms with Crippen molar-refractivity contribution in [3.05, 3.63) is 212 Å². The fraction of sp³-hybridized carbons (Fsp3) is 0. The van der Waals surface area contributed by atoms with Gasteiger partial charge in [-0.05, 0) is 120 Å². The van der Waals surface area contributed by atoms with Crippen molar-refractivity contribution in [1.29, 1.82) is 0 Å². The average molecular weight is 750 g/mol. The summed E-state index contributed by atoms with van der Waals surface area (Å²) < 4.78 is 0. The Labute approximate surface area is 342 Å². The predicted octanol–water partition coefficient (Wildman–Crippen LogP) is 15.2. The largest absolute Gasteiger partial charge is 0.295 e. The Morgan fingerprint density at radius 3 is 1.59 bits per heavy atom. The molecule has 3 nitrogen and oxygen atoms in total. The van der Waals surface area contributed by atoms with Crippen molar-refractivity contribution in [3.8, 4) is 55.6 Å². The highest BCUT2D eigenvalue weighted by atomic mass is 15.2. The number of aromatic nitrogens is 2. The summed E-state index contributed by atoms with van der Waals surface area (Å²) in [6, 6.07) is 74.4. The van der Waals surface area contributed by atoms with Crippen molar-refractivity contribution in [2.24, 2.45) is 0 Å². The van der Waals surface area contributed by atoms with E-state index in [2.05, 4.69) is 205 Å². The maximum Gasteiger partial charge on any atom is 0.138 e. The molecule has 0 saturated carbocycles. The van der Waals surface area contributed by atoms with Gasteiger partial charge in [0, 0.05) is 28.3 Å².